The maximum atomic E-state index is 12.2. The molecule has 0 atom stereocenters. The summed E-state index contributed by atoms with van der Waals surface area (Å²) in [6, 6.07) is -0.345. The molecule has 122 valence electrons. The molecule has 0 spiro atoms. The number of hydrogen-bond donors (Lipinski definition) is 3. The standard InChI is InChI=1S/C15H28N2O4/c1-11(2)17(8-9-18)14(21)16-10-15(13(19)20)6-4-12(3)5-7-15/h11-12,18H,4-10H2,1-3H3,(H,16,21)(H,19,20). The molecular formula is C15H28N2O4. The van der Waals surface area contributed by atoms with Gasteiger partial charge in [0.05, 0.1) is 12.0 Å². The number of aliphatic hydroxyl groups excluding tert-OH is 1. The summed E-state index contributed by atoms with van der Waals surface area (Å²) in [5.41, 5.74) is -0.843. The number of nitrogens with zero attached hydrogens (tertiary/aromatic N) is 1. The molecule has 1 saturated carbocycles. The molecule has 2 amide bonds. The van der Waals surface area contributed by atoms with Gasteiger partial charge in [-0.05, 0) is 45.4 Å². The molecule has 0 aromatic rings. The van der Waals surface area contributed by atoms with Gasteiger partial charge in [0.15, 0.2) is 0 Å². The second-order valence-electron chi connectivity index (χ2n) is 6.44. The van der Waals surface area contributed by atoms with Crippen molar-refractivity contribution in [2.45, 2.75) is 52.5 Å². The number of carbonyl (C=O) groups excluding carboxylic acids is 1. The predicted octanol–water partition coefficient (Wildman–Crippen LogP) is 1.68. The molecule has 6 nitrogen and oxygen atoms in total. The Labute approximate surface area is 126 Å². The fraction of sp³-hybridized carbons (Fsp3) is 0.867. The average molecular weight is 300 g/mol. The van der Waals surface area contributed by atoms with Gasteiger partial charge in [-0.25, -0.2) is 4.79 Å². The van der Waals surface area contributed by atoms with Crippen molar-refractivity contribution in [3.05, 3.63) is 0 Å². The number of urea groups is 1. The number of carboxylic acids is 1. The zero-order valence-corrected chi connectivity index (χ0v) is 13.3. The number of aliphatic carboxylic acids is 1. The maximum Gasteiger partial charge on any atom is 0.317 e. The molecule has 0 bridgehead atoms. The van der Waals surface area contributed by atoms with Crippen molar-refractivity contribution >= 4 is 12.0 Å². The summed E-state index contributed by atoms with van der Waals surface area (Å²) < 4.78 is 0. The minimum atomic E-state index is -0.843. The number of amides is 2. The molecular weight excluding hydrogens is 272 g/mol. The first-order chi connectivity index (χ1) is 9.82. The number of carboxylic acid groups (broad SMARTS) is 1. The largest absolute Gasteiger partial charge is 0.481 e. The van der Waals surface area contributed by atoms with Crippen LogP contribution in [0.2, 0.25) is 0 Å². The Balaban J connectivity index is 2.65. The Morgan fingerprint density at radius 2 is 1.90 bits per heavy atom. The second kappa shape index (κ2) is 7.64. The zero-order valence-electron chi connectivity index (χ0n) is 13.3. The van der Waals surface area contributed by atoms with E-state index in [1.165, 1.54) is 4.90 Å². The summed E-state index contributed by atoms with van der Waals surface area (Å²) in [4.78, 5) is 25.3. The van der Waals surface area contributed by atoms with E-state index >= 15 is 0 Å². The molecule has 0 radical (unpaired) electrons. The van der Waals surface area contributed by atoms with E-state index in [0.717, 1.165) is 12.8 Å². The van der Waals surface area contributed by atoms with Crippen LogP contribution in [0, 0.1) is 11.3 Å². The van der Waals surface area contributed by atoms with Crippen LogP contribution in [0.15, 0.2) is 0 Å². The summed E-state index contributed by atoms with van der Waals surface area (Å²) in [6.45, 7) is 6.16. The Kier molecular flexibility index (Phi) is 6.45. The van der Waals surface area contributed by atoms with Crippen molar-refractivity contribution in [2.75, 3.05) is 19.7 Å². The Morgan fingerprint density at radius 3 is 2.33 bits per heavy atom. The highest BCUT2D eigenvalue weighted by Crippen LogP contribution is 2.38. The van der Waals surface area contributed by atoms with Crippen molar-refractivity contribution in [1.82, 2.24) is 10.2 Å². The van der Waals surface area contributed by atoms with E-state index in [2.05, 4.69) is 12.2 Å². The quantitative estimate of drug-likeness (QED) is 0.696. The van der Waals surface area contributed by atoms with E-state index in [1.807, 2.05) is 13.8 Å². The lowest BCUT2D eigenvalue weighted by Crippen LogP contribution is -2.51. The van der Waals surface area contributed by atoms with Crippen molar-refractivity contribution < 1.29 is 19.8 Å². The van der Waals surface area contributed by atoms with Crippen LogP contribution in [0.4, 0.5) is 4.79 Å². The maximum absolute atomic E-state index is 12.2. The number of hydrogen-bond acceptors (Lipinski definition) is 3. The van der Waals surface area contributed by atoms with Crippen LogP contribution >= 0.6 is 0 Å². The summed E-state index contributed by atoms with van der Waals surface area (Å²) in [5, 5.41) is 21.3. The monoisotopic (exact) mass is 300 g/mol. The summed E-state index contributed by atoms with van der Waals surface area (Å²) >= 11 is 0. The van der Waals surface area contributed by atoms with E-state index in [-0.39, 0.29) is 31.8 Å². The van der Waals surface area contributed by atoms with Gasteiger partial charge < -0.3 is 20.4 Å². The lowest BCUT2D eigenvalue weighted by Gasteiger charge is -2.36. The Hall–Kier alpha value is -1.30. The topological polar surface area (TPSA) is 89.9 Å². The van der Waals surface area contributed by atoms with Crippen LogP contribution in [0.1, 0.15) is 46.5 Å². The van der Waals surface area contributed by atoms with E-state index in [1.54, 1.807) is 0 Å². The molecule has 0 aromatic heterocycles. The van der Waals surface area contributed by atoms with Gasteiger partial charge >= 0.3 is 12.0 Å². The number of rotatable bonds is 6. The van der Waals surface area contributed by atoms with E-state index in [0.29, 0.717) is 18.8 Å². The predicted molar refractivity (Wildman–Crippen MR) is 80.0 cm³/mol. The molecule has 0 heterocycles. The molecule has 0 saturated heterocycles. The Morgan fingerprint density at radius 1 is 1.33 bits per heavy atom. The number of aliphatic hydroxyl groups is 1. The lowest BCUT2D eigenvalue weighted by atomic mass is 9.71. The third-order valence-corrected chi connectivity index (χ3v) is 4.49. The minimum Gasteiger partial charge on any atom is -0.481 e. The van der Waals surface area contributed by atoms with Gasteiger partial charge in [-0.1, -0.05) is 6.92 Å². The van der Waals surface area contributed by atoms with E-state index in [4.69, 9.17) is 5.11 Å². The molecule has 6 heteroatoms. The van der Waals surface area contributed by atoms with Crippen LogP contribution < -0.4 is 5.32 Å². The normalized spacial score (nSPS) is 25.7. The molecule has 1 aliphatic carbocycles. The van der Waals surface area contributed by atoms with Gasteiger partial charge in [-0.2, -0.15) is 0 Å². The first kappa shape index (κ1) is 17.8. The molecule has 1 aliphatic rings. The minimum absolute atomic E-state index is 0.0377. The average Bonchev–Trinajstić information content (AvgIpc) is 2.43. The summed E-state index contributed by atoms with van der Waals surface area (Å²) in [6.07, 6.45) is 2.97. The van der Waals surface area contributed by atoms with Gasteiger partial charge in [0.1, 0.15) is 0 Å². The van der Waals surface area contributed by atoms with Crippen molar-refractivity contribution in [1.29, 1.82) is 0 Å². The Bertz CT molecular complexity index is 363. The molecule has 3 N–H and O–H groups in total. The number of carbonyl (C=O) groups is 2. The van der Waals surface area contributed by atoms with Gasteiger partial charge in [-0.3, -0.25) is 4.79 Å². The highest BCUT2D eigenvalue weighted by molar-refractivity contribution is 5.78. The van der Waals surface area contributed by atoms with Crippen LogP contribution in [0.3, 0.4) is 0 Å². The van der Waals surface area contributed by atoms with Crippen molar-refractivity contribution in [3.8, 4) is 0 Å². The van der Waals surface area contributed by atoms with Gasteiger partial charge in [-0.15, -0.1) is 0 Å². The van der Waals surface area contributed by atoms with E-state index in [9.17, 15) is 14.7 Å². The van der Waals surface area contributed by atoms with Crippen molar-refractivity contribution in [3.63, 3.8) is 0 Å². The first-order valence-electron chi connectivity index (χ1n) is 7.71. The molecule has 0 unspecified atom stereocenters. The van der Waals surface area contributed by atoms with Crippen molar-refractivity contribution in [2.24, 2.45) is 11.3 Å². The lowest BCUT2D eigenvalue weighted by molar-refractivity contribution is -0.151. The van der Waals surface area contributed by atoms with Crippen LogP contribution in [-0.4, -0.2) is 52.9 Å². The number of nitrogens with one attached hydrogen (secondary N) is 1. The zero-order chi connectivity index (χ0) is 16.0. The van der Waals surface area contributed by atoms with Gasteiger partial charge in [0.2, 0.25) is 0 Å². The second-order valence-corrected chi connectivity index (χ2v) is 6.44. The molecule has 21 heavy (non-hydrogen) atoms. The van der Waals surface area contributed by atoms with Gasteiger partial charge in [0, 0.05) is 19.1 Å². The summed E-state index contributed by atoms with van der Waals surface area (Å²) in [5.74, 6) is -0.275. The van der Waals surface area contributed by atoms with Crippen LogP contribution in [-0.2, 0) is 4.79 Å². The molecule has 1 fully saturated rings. The fourth-order valence-electron chi connectivity index (χ4n) is 2.83. The smallest absolute Gasteiger partial charge is 0.317 e. The molecule has 1 rings (SSSR count). The first-order valence-corrected chi connectivity index (χ1v) is 7.71. The van der Waals surface area contributed by atoms with Crippen LogP contribution in [0.5, 0.6) is 0 Å². The molecule has 0 aliphatic heterocycles. The SMILES string of the molecule is CC1CCC(CNC(=O)N(CCO)C(C)C)(C(=O)O)CC1. The third-order valence-electron chi connectivity index (χ3n) is 4.49. The third kappa shape index (κ3) is 4.59. The molecule has 0 aromatic carbocycles. The van der Waals surface area contributed by atoms with Crippen LogP contribution in [0.25, 0.3) is 0 Å². The van der Waals surface area contributed by atoms with E-state index < -0.39 is 11.4 Å². The summed E-state index contributed by atoms with van der Waals surface area (Å²) in [7, 11) is 0. The highest BCUT2D eigenvalue weighted by atomic mass is 16.4. The highest BCUT2D eigenvalue weighted by Gasteiger charge is 2.41. The van der Waals surface area contributed by atoms with Gasteiger partial charge in [0.25, 0.3) is 0 Å². The fourth-order valence-corrected chi connectivity index (χ4v) is 2.83.